The summed E-state index contributed by atoms with van der Waals surface area (Å²) in [6.45, 7) is 8.70. The van der Waals surface area contributed by atoms with E-state index in [1.54, 1.807) is 0 Å². The van der Waals surface area contributed by atoms with Crippen LogP contribution in [0.1, 0.15) is 34.9 Å². The van der Waals surface area contributed by atoms with Crippen molar-refractivity contribution in [3.63, 3.8) is 0 Å². The topological polar surface area (TPSA) is 69.6 Å². The Morgan fingerprint density at radius 1 is 1.16 bits per heavy atom. The highest BCUT2D eigenvalue weighted by Gasteiger charge is 2.13. The van der Waals surface area contributed by atoms with E-state index >= 15 is 0 Å². The van der Waals surface area contributed by atoms with Crippen LogP contribution in [0.4, 0.5) is 0 Å². The zero-order valence-electron chi connectivity index (χ0n) is 12.1. The van der Waals surface area contributed by atoms with Gasteiger partial charge in [0.15, 0.2) is 5.82 Å². The molecule has 19 heavy (non-hydrogen) atoms. The van der Waals surface area contributed by atoms with E-state index in [0.29, 0.717) is 6.54 Å². The van der Waals surface area contributed by atoms with Gasteiger partial charge in [-0.3, -0.25) is 0 Å². The van der Waals surface area contributed by atoms with Gasteiger partial charge in [0.2, 0.25) is 0 Å². The molecule has 0 aliphatic carbocycles. The number of aromatic nitrogens is 4. The molecule has 0 bridgehead atoms. The molecule has 2 aromatic rings. The van der Waals surface area contributed by atoms with E-state index < -0.39 is 0 Å². The molecule has 2 heterocycles. The molecule has 0 aliphatic rings. The molecule has 2 aromatic heterocycles. The van der Waals surface area contributed by atoms with Crippen molar-refractivity contribution >= 4 is 0 Å². The number of hydrogen-bond acceptors (Lipinski definition) is 4. The molecule has 0 saturated heterocycles. The van der Waals surface area contributed by atoms with Crippen molar-refractivity contribution in [1.29, 1.82) is 0 Å². The van der Waals surface area contributed by atoms with E-state index in [0.717, 1.165) is 41.6 Å². The minimum atomic E-state index is 0.704. The minimum absolute atomic E-state index is 0.704. The first-order valence-corrected chi connectivity index (χ1v) is 6.60. The van der Waals surface area contributed by atoms with Crippen LogP contribution < -0.4 is 5.73 Å². The Balaban J connectivity index is 2.45. The van der Waals surface area contributed by atoms with Gasteiger partial charge in [0.25, 0.3) is 0 Å². The predicted molar refractivity (Wildman–Crippen MR) is 75.5 cm³/mol. The van der Waals surface area contributed by atoms with Crippen LogP contribution in [-0.2, 0) is 6.42 Å². The Labute approximate surface area is 113 Å². The van der Waals surface area contributed by atoms with Crippen molar-refractivity contribution in [2.24, 2.45) is 5.73 Å². The summed E-state index contributed by atoms with van der Waals surface area (Å²) >= 11 is 0. The summed E-state index contributed by atoms with van der Waals surface area (Å²) in [7, 11) is 0. The highest BCUT2D eigenvalue weighted by Crippen LogP contribution is 2.18. The monoisotopic (exact) mass is 259 g/mol. The number of nitrogens with two attached hydrogens (primary N) is 1. The lowest BCUT2D eigenvalue weighted by Crippen LogP contribution is -2.06. The Morgan fingerprint density at radius 3 is 2.53 bits per heavy atom. The normalized spacial score (nSPS) is 11.0. The fourth-order valence-corrected chi connectivity index (χ4v) is 2.34. The van der Waals surface area contributed by atoms with Crippen molar-refractivity contribution in [3.05, 3.63) is 34.5 Å². The molecule has 0 fully saturated rings. The van der Waals surface area contributed by atoms with E-state index in [9.17, 15) is 0 Å². The third-order valence-electron chi connectivity index (χ3n) is 3.24. The Kier molecular flexibility index (Phi) is 3.95. The maximum absolute atomic E-state index is 5.59. The minimum Gasteiger partial charge on any atom is -0.330 e. The van der Waals surface area contributed by atoms with Crippen molar-refractivity contribution in [1.82, 2.24) is 19.7 Å². The quantitative estimate of drug-likeness (QED) is 0.908. The molecule has 2 N–H and O–H groups in total. The van der Waals surface area contributed by atoms with Crippen molar-refractivity contribution in [2.75, 3.05) is 6.54 Å². The summed E-state index contributed by atoms with van der Waals surface area (Å²) in [5, 5.41) is 4.60. The second kappa shape index (κ2) is 5.48. The highest BCUT2D eigenvalue weighted by molar-refractivity contribution is 5.33. The van der Waals surface area contributed by atoms with Crippen LogP contribution in [0.3, 0.4) is 0 Å². The van der Waals surface area contributed by atoms with Crippen LogP contribution in [0.5, 0.6) is 0 Å². The number of aryl methyl sites for hydroxylation is 3. The summed E-state index contributed by atoms with van der Waals surface area (Å²) in [5.41, 5.74) is 10.0. The molecule has 5 nitrogen and oxygen atoms in total. The van der Waals surface area contributed by atoms with Crippen molar-refractivity contribution in [2.45, 2.75) is 40.5 Å². The number of rotatable bonds is 4. The molecule has 102 valence electrons. The highest BCUT2D eigenvalue weighted by atomic mass is 15.3. The lowest BCUT2D eigenvalue weighted by molar-refractivity contribution is 0.784. The van der Waals surface area contributed by atoms with Gasteiger partial charge in [0.05, 0.1) is 5.69 Å². The zero-order valence-corrected chi connectivity index (χ0v) is 12.1. The summed E-state index contributed by atoms with van der Waals surface area (Å²) < 4.78 is 1.91. The predicted octanol–water partition coefficient (Wildman–Crippen LogP) is 1.79. The Morgan fingerprint density at radius 2 is 1.89 bits per heavy atom. The molecular weight excluding hydrogens is 238 g/mol. The molecule has 0 saturated carbocycles. The van der Waals surface area contributed by atoms with Crippen LogP contribution in [0.25, 0.3) is 5.82 Å². The molecule has 0 aromatic carbocycles. The van der Waals surface area contributed by atoms with Gasteiger partial charge in [-0.25, -0.2) is 14.6 Å². The maximum Gasteiger partial charge on any atom is 0.157 e. The molecule has 2 rings (SSSR count). The molecular formula is C14H21N5. The van der Waals surface area contributed by atoms with Crippen LogP contribution in [0.15, 0.2) is 6.07 Å². The van der Waals surface area contributed by atoms with Crippen LogP contribution in [-0.4, -0.2) is 26.3 Å². The first-order chi connectivity index (χ1) is 9.02. The van der Waals surface area contributed by atoms with Crippen LogP contribution in [0.2, 0.25) is 0 Å². The fraction of sp³-hybridized carbons (Fsp3) is 0.500. The summed E-state index contributed by atoms with van der Waals surface area (Å²) in [5.74, 6) is 1.61. The van der Waals surface area contributed by atoms with E-state index in [1.807, 2.05) is 31.5 Å². The maximum atomic E-state index is 5.59. The third kappa shape index (κ3) is 2.81. The first kappa shape index (κ1) is 13.7. The molecule has 0 radical (unpaired) electrons. The van der Waals surface area contributed by atoms with Gasteiger partial charge in [-0.05, 0) is 52.6 Å². The lowest BCUT2D eigenvalue weighted by Gasteiger charge is -2.06. The van der Waals surface area contributed by atoms with Crippen molar-refractivity contribution < 1.29 is 0 Å². The summed E-state index contributed by atoms with van der Waals surface area (Å²) in [6.07, 6.45) is 1.95. The summed E-state index contributed by atoms with van der Waals surface area (Å²) in [4.78, 5) is 8.76. The summed E-state index contributed by atoms with van der Waals surface area (Å²) in [6, 6.07) is 1.96. The van der Waals surface area contributed by atoms with Gasteiger partial charge < -0.3 is 5.73 Å². The third-order valence-corrected chi connectivity index (χ3v) is 3.24. The van der Waals surface area contributed by atoms with Gasteiger partial charge >= 0.3 is 0 Å². The van der Waals surface area contributed by atoms with E-state index in [4.69, 9.17) is 5.73 Å². The second-order valence-corrected chi connectivity index (χ2v) is 4.87. The molecule has 0 spiro atoms. The molecule has 0 amide bonds. The average Bonchev–Trinajstić information content (AvgIpc) is 2.61. The Bertz CT molecular complexity index is 566. The largest absolute Gasteiger partial charge is 0.330 e. The van der Waals surface area contributed by atoms with Gasteiger partial charge in [0.1, 0.15) is 5.82 Å². The number of hydrogen-bond donors (Lipinski definition) is 1. The van der Waals surface area contributed by atoms with E-state index in [-0.39, 0.29) is 0 Å². The van der Waals surface area contributed by atoms with E-state index in [2.05, 4.69) is 22.0 Å². The zero-order chi connectivity index (χ0) is 14.0. The van der Waals surface area contributed by atoms with Gasteiger partial charge in [-0.2, -0.15) is 5.10 Å². The fourth-order valence-electron chi connectivity index (χ4n) is 2.34. The van der Waals surface area contributed by atoms with Gasteiger partial charge in [-0.15, -0.1) is 0 Å². The first-order valence-electron chi connectivity index (χ1n) is 6.60. The average molecular weight is 259 g/mol. The van der Waals surface area contributed by atoms with Crippen molar-refractivity contribution in [3.8, 4) is 5.82 Å². The molecule has 0 atom stereocenters. The molecule has 0 aliphatic heterocycles. The van der Waals surface area contributed by atoms with Crippen LogP contribution >= 0.6 is 0 Å². The van der Waals surface area contributed by atoms with Gasteiger partial charge in [-0.1, -0.05) is 0 Å². The van der Waals surface area contributed by atoms with Gasteiger partial charge in [0, 0.05) is 17.5 Å². The smallest absolute Gasteiger partial charge is 0.157 e. The second-order valence-electron chi connectivity index (χ2n) is 4.87. The number of nitrogens with zero attached hydrogens (tertiary/aromatic N) is 4. The Hall–Kier alpha value is -1.75. The SMILES string of the molecule is Cc1cc(-n2nc(C)c(CCCN)c2C)nc(C)n1. The molecule has 5 heteroatoms. The molecule has 0 unspecified atom stereocenters. The van der Waals surface area contributed by atoms with Crippen LogP contribution in [0, 0.1) is 27.7 Å². The van der Waals surface area contributed by atoms with E-state index in [1.165, 1.54) is 5.56 Å². The lowest BCUT2D eigenvalue weighted by atomic mass is 10.1. The standard InChI is InChI=1S/C14H21N5/c1-9-8-14(17-12(4)16-9)19-11(3)13(6-5-7-15)10(2)18-19/h8H,5-7,15H2,1-4H3.